The Labute approximate surface area is 167 Å². The van der Waals surface area contributed by atoms with Crippen molar-refractivity contribution in [2.45, 2.75) is 40.0 Å². The second-order valence-electron chi connectivity index (χ2n) is 6.76. The third kappa shape index (κ3) is 3.63. The molecule has 0 aliphatic rings. The summed E-state index contributed by atoms with van der Waals surface area (Å²) in [5.74, 6) is 2.65. The molecule has 0 atom stereocenters. The lowest BCUT2D eigenvalue weighted by Crippen LogP contribution is -2.27. The number of fused-ring (bicyclic) bond motifs is 1. The molecule has 150 valence electrons. The summed E-state index contributed by atoms with van der Waals surface area (Å²) < 4.78 is 13.1. The molecule has 6 nitrogen and oxygen atoms in total. The third-order valence-electron chi connectivity index (χ3n) is 4.87. The Morgan fingerprint density at radius 2 is 1.79 bits per heavy atom. The number of aryl methyl sites for hydroxylation is 1. The van der Waals surface area contributed by atoms with Gasteiger partial charge < -0.3 is 14.4 Å². The molecule has 2 aromatic heterocycles. The smallest absolute Gasteiger partial charge is 0.165 e. The minimum atomic E-state index is 0.724. The Bertz CT molecular complexity index is 930. The lowest BCUT2D eigenvalue weighted by Gasteiger charge is -2.24. The maximum absolute atomic E-state index is 5.61. The van der Waals surface area contributed by atoms with Crippen molar-refractivity contribution in [3.05, 3.63) is 36.3 Å². The van der Waals surface area contributed by atoms with Gasteiger partial charge in [0.1, 0.15) is 23.0 Å². The van der Waals surface area contributed by atoms with E-state index in [1.54, 1.807) is 14.2 Å². The van der Waals surface area contributed by atoms with Crippen LogP contribution in [0, 0.1) is 0 Å². The monoisotopic (exact) mass is 382 g/mol. The average molecular weight is 383 g/mol. The summed E-state index contributed by atoms with van der Waals surface area (Å²) in [5, 5.41) is 0. The molecule has 0 saturated carbocycles. The Morgan fingerprint density at radius 3 is 2.39 bits per heavy atom. The van der Waals surface area contributed by atoms with Gasteiger partial charge in [0.15, 0.2) is 5.65 Å². The zero-order valence-electron chi connectivity index (χ0n) is 17.5. The van der Waals surface area contributed by atoms with E-state index in [9.17, 15) is 0 Å². The van der Waals surface area contributed by atoms with Crippen molar-refractivity contribution in [2.75, 3.05) is 32.2 Å². The zero-order valence-corrected chi connectivity index (χ0v) is 17.5. The molecule has 6 heteroatoms. The maximum Gasteiger partial charge on any atom is 0.165 e. The number of hydrogen-bond acceptors (Lipinski definition) is 5. The highest BCUT2D eigenvalue weighted by Gasteiger charge is 2.21. The first-order valence-electron chi connectivity index (χ1n) is 10.0. The first-order chi connectivity index (χ1) is 13.7. The van der Waals surface area contributed by atoms with Gasteiger partial charge in [-0.2, -0.15) is 0 Å². The summed E-state index contributed by atoms with van der Waals surface area (Å²) in [5.41, 5.74) is 3.68. The first-order valence-corrected chi connectivity index (χ1v) is 10.0. The van der Waals surface area contributed by atoms with E-state index < -0.39 is 0 Å². The number of ether oxygens (including phenoxy) is 2. The molecule has 0 spiro atoms. The van der Waals surface area contributed by atoms with E-state index in [1.165, 1.54) is 5.82 Å². The van der Waals surface area contributed by atoms with E-state index in [1.807, 2.05) is 30.6 Å². The normalized spacial score (nSPS) is 11.0. The van der Waals surface area contributed by atoms with Gasteiger partial charge in [0.2, 0.25) is 0 Å². The predicted molar refractivity (Wildman–Crippen MR) is 114 cm³/mol. The van der Waals surface area contributed by atoms with E-state index in [4.69, 9.17) is 14.5 Å². The van der Waals surface area contributed by atoms with Crippen molar-refractivity contribution in [2.24, 2.45) is 0 Å². The molecule has 0 N–H and O–H groups in total. The molecule has 0 radical (unpaired) electrons. The fourth-order valence-electron chi connectivity index (χ4n) is 3.63. The Morgan fingerprint density at radius 1 is 1.04 bits per heavy atom. The van der Waals surface area contributed by atoms with Crippen molar-refractivity contribution in [3.63, 3.8) is 0 Å². The molecule has 0 unspecified atom stereocenters. The molecular weight excluding hydrogens is 352 g/mol. The van der Waals surface area contributed by atoms with Gasteiger partial charge in [-0.05, 0) is 31.4 Å². The van der Waals surface area contributed by atoms with Gasteiger partial charge >= 0.3 is 0 Å². The Hall–Kier alpha value is -2.76. The van der Waals surface area contributed by atoms with Crippen LogP contribution < -0.4 is 14.4 Å². The fraction of sp³-hybridized carbons (Fsp3) is 0.455. The topological polar surface area (TPSA) is 51.9 Å². The molecule has 3 aromatic rings. The van der Waals surface area contributed by atoms with Crippen LogP contribution in [0.2, 0.25) is 0 Å². The fourth-order valence-corrected chi connectivity index (χ4v) is 3.63. The van der Waals surface area contributed by atoms with Crippen molar-refractivity contribution < 1.29 is 9.47 Å². The molecule has 0 aliphatic carbocycles. The minimum absolute atomic E-state index is 0.724. The molecule has 1 aromatic carbocycles. The van der Waals surface area contributed by atoms with Gasteiger partial charge in [0, 0.05) is 37.1 Å². The second kappa shape index (κ2) is 8.95. The molecule has 0 bridgehead atoms. The van der Waals surface area contributed by atoms with Crippen LogP contribution in [0.15, 0.2) is 30.6 Å². The third-order valence-corrected chi connectivity index (χ3v) is 4.87. The number of methoxy groups -OCH3 is 2. The summed E-state index contributed by atoms with van der Waals surface area (Å²) in [6.07, 6.45) is 6.92. The predicted octanol–water partition coefficient (Wildman–Crippen LogP) is 4.60. The van der Waals surface area contributed by atoms with Crippen LogP contribution in [0.4, 0.5) is 5.82 Å². The summed E-state index contributed by atoms with van der Waals surface area (Å²) in [4.78, 5) is 12.1. The zero-order chi connectivity index (χ0) is 20.1. The molecular formula is C22H30N4O2. The van der Waals surface area contributed by atoms with Crippen LogP contribution in [-0.2, 0) is 6.42 Å². The van der Waals surface area contributed by atoms with Gasteiger partial charge in [-0.25, -0.2) is 4.98 Å². The maximum atomic E-state index is 5.61. The highest BCUT2D eigenvalue weighted by Crippen LogP contribution is 2.36. The quantitative estimate of drug-likeness (QED) is 0.541. The van der Waals surface area contributed by atoms with Crippen molar-refractivity contribution in [1.82, 2.24) is 14.4 Å². The summed E-state index contributed by atoms with van der Waals surface area (Å²) in [6.45, 7) is 8.61. The van der Waals surface area contributed by atoms with E-state index in [0.29, 0.717) is 0 Å². The number of benzene rings is 1. The lowest BCUT2D eigenvalue weighted by atomic mass is 10.1. The van der Waals surface area contributed by atoms with Crippen LogP contribution in [-0.4, -0.2) is 41.7 Å². The molecule has 28 heavy (non-hydrogen) atoms. The van der Waals surface area contributed by atoms with E-state index >= 15 is 0 Å². The first kappa shape index (κ1) is 20.0. The molecule has 0 fully saturated rings. The van der Waals surface area contributed by atoms with Crippen molar-refractivity contribution in [3.8, 4) is 22.8 Å². The Balaban J connectivity index is 2.22. The van der Waals surface area contributed by atoms with Gasteiger partial charge in [0.25, 0.3) is 0 Å². The minimum Gasteiger partial charge on any atom is -0.497 e. The number of nitrogens with zero attached hydrogens (tertiary/aromatic N) is 4. The molecule has 2 heterocycles. The average Bonchev–Trinajstić information content (AvgIpc) is 3.11. The van der Waals surface area contributed by atoms with Crippen LogP contribution in [0.25, 0.3) is 16.9 Å². The highest BCUT2D eigenvalue weighted by molar-refractivity contribution is 5.80. The summed E-state index contributed by atoms with van der Waals surface area (Å²) in [7, 11) is 3.31. The van der Waals surface area contributed by atoms with Crippen molar-refractivity contribution in [1.29, 1.82) is 0 Å². The SMILES string of the molecule is CCCN(CCC)c1c(CC)nc2c(-c3ccc(OC)cc3OC)nccn12. The summed E-state index contributed by atoms with van der Waals surface area (Å²) >= 11 is 0. The van der Waals surface area contributed by atoms with Gasteiger partial charge in [0.05, 0.1) is 19.9 Å². The largest absolute Gasteiger partial charge is 0.497 e. The number of rotatable bonds is 9. The van der Waals surface area contributed by atoms with Crippen LogP contribution in [0.1, 0.15) is 39.3 Å². The number of anilines is 1. The van der Waals surface area contributed by atoms with Gasteiger partial charge in [-0.1, -0.05) is 20.8 Å². The van der Waals surface area contributed by atoms with Crippen molar-refractivity contribution >= 4 is 11.5 Å². The van der Waals surface area contributed by atoms with Crippen LogP contribution in [0.3, 0.4) is 0 Å². The van der Waals surface area contributed by atoms with E-state index in [0.717, 1.165) is 66.4 Å². The van der Waals surface area contributed by atoms with E-state index in [2.05, 4.69) is 35.1 Å². The molecule has 3 rings (SSSR count). The van der Waals surface area contributed by atoms with Crippen LogP contribution in [0.5, 0.6) is 11.5 Å². The molecule has 0 amide bonds. The van der Waals surface area contributed by atoms with Gasteiger partial charge in [-0.3, -0.25) is 9.38 Å². The highest BCUT2D eigenvalue weighted by atomic mass is 16.5. The lowest BCUT2D eigenvalue weighted by molar-refractivity contribution is 0.395. The molecule has 0 saturated heterocycles. The summed E-state index contributed by atoms with van der Waals surface area (Å²) in [6, 6.07) is 5.79. The number of aromatic nitrogens is 3. The number of imidazole rings is 1. The standard InChI is InChI=1S/C22H30N4O2/c1-6-12-25(13-7-2)22-18(8-3)24-21-20(23-11-14-26(21)22)17-10-9-16(27-4)15-19(17)28-5/h9-11,14-15H,6-8,12-13H2,1-5H3. The Kier molecular flexibility index (Phi) is 6.39. The number of hydrogen-bond donors (Lipinski definition) is 0. The van der Waals surface area contributed by atoms with Gasteiger partial charge in [-0.15, -0.1) is 0 Å². The second-order valence-corrected chi connectivity index (χ2v) is 6.76. The van der Waals surface area contributed by atoms with E-state index in [-0.39, 0.29) is 0 Å². The molecule has 0 aliphatic heterocycles. The van der Waals surface area contributed by atoms with Crippen LogP contribution >= 0.6 is 0 Å².